The molecule has 2 rings (SSSR count). The molecule has 0 amide bonds. The van der Waals surface area contributed by atoms with E-state index in [9.17, 15) is 4.79 Å². The molecule has 1 aliphatic rings. The fourth-order valence-electron chi connectivity index (χ4n) is 2.06. The van der Waals surface area contributed by atoms with E-state index in [-0.39, 0.29) is 6.42 Å². The molecule has 0 bridgehead atoms. The van der Waals surface area contributed by atoms with Gasteiger partial charge in [-0.05, 0) is 6.07 Å². The molecule has 1 aromatic carbocycles. The van der Waals surface area contributed by atoms with Crippen molar-refractivity contribution in [1.29, 1.82) is 0 Å². The highest BCUT2D eigenvalue weighted by molar-refractivity contribution is 5.71. The zero-order valence-corrected chi connectivity index (χ0v) is 10.9. The van der Waals surface area contributed by atoms with Gasteiger partial charge in [-0.25, -0.2) is 0 Å². The predicted octanol–water partition coefficient (Wildman–Crippen LogP) is 1.02. The van der Waals surface area contributed by atoms with Crippen molar-refractivity contribution < 1.29 is 19.4 Å². The first-order valence-electron chi connectivity index (χ1n) is 6.48. The fourth-order valence-corrected chi connectivity index (χ4v) is 2.06. The van der Waals surface area contributed by atoms with Crippen molar-refractivity contribution in [2.45, 2.75) is 6.42 Å². The topological polar surface area (TPSA) is 59.0 Å². The largest absolute Gasteiger partial charge is 0.492 e. The van der Waals surface area contributed by atoms with Crippen molar-refractivity contribution in [3.8, 4) is 5.75 Å². The molecule has 0 saturated carbocycles. The van der Waals surface area contributed by atoms with Gasteiger partial charge in [0, 0.05) is 25.2 Å². The van der Waals surface area contributed by atoms with Crippen molar-refractivity contribution in [3.63, 3.8) is 0 Å². The van der Waals surface area contributed by atoms with Gasteiger partial charge in [0.1, 0.15) is 12.4 Å². The molecule has 0 radical (unpaired) electrons. The van der Waals surface area contributed by atoms with Gasteiger partial charge in [-0.2, -0.15) is 0 Å². The highest BCUT2D eigenvalue weighted by atomic mass is 16.5. The van der Waals surface area contributed by atoms with Crippen LogP contribution in [-0.4, -0.2) is 55.4 Å². The van der Waals surface area contributed by atoms with Crippen molar-refractivity contribution in [3.05, 3.63) is 29.8 Å². The fraction of sp³-hybridized carbons (Fsp3) is 0.500. The number of benzene rings is 1. The number of hydrogen-bond acceptors (Lipinski definition) is 4. The SMILES string of the molecule is O=C(O)Cc1ccccc1OCCN1CCOCC1. The van der Waals surface area contributed by atoms with Crippen LogP contribution in [0.15, 0.2) is 24.3 Å². The summed E-state index contributed by atoms with van der Waals surface area (Å²) in [5.41, 5.74) is 0.719. The summed E-state index contributed by atoms with van der Waals surface area (Å²) in [5, 5.41) is 8.84. The third-order valence-electron chi connectivity index (χ3n) is 3.08. The molecule has 1 aliphatic heterocycles. The normalized spacial score (nSPS) is 16.2. The number of ether oxygens (including phenoxy) is 2. The zero-order chi connectivity index (χ0) is 13.5. The van der Waals surface area contributed by atoms with Crippen LogP contribution in [0.2, 0.25) is 0 Å². The van der Waals surface area contributed by atoms with Crippen LogP contribution in [0.5, 0.6) is 5.75 Å². The number of carbonyl (C=O) groups is 1. The smallest absolute Gasteiger partial charge is 0.307 e. The number of aliphatic carboxylic acids is 1. The minimum atomic E-state index is -0.843. The average Bonchev–Trinajstić information content (AvgIpc) is 2.41. The zero-order valence-electron chi connectivity index (χ0n) is 10.9. The molecule has 5 nitrogen and oxygen atoms in total. The van der Waals surface area contributed by atoms with Gasteiger partial charge in [0.05, 0.1) is 19.6 Å². The lowest BCUT2D eigenvalue weighted by molar-refractivity contribution is -0.136. The van der Waals surface area contributed by atoms with Crippen LogP contribution >= 0.6 is 0 Å². The van der Waals surface area contributed by atoms with E-state index in [2.05, 4.69) is 4.90 Å². The van der Waals surface area contributed by atoms with E-state index >= 15 is 0 Å². The molecule has 0 aliphatic carbocycles. The van der Waals surface area contributed by atoms with E-state index in [1.165, 1.54) is 0 Å². The minimum Gasteiger partial charge on any atom is -0.492 e. The Bertz CT molecular complexity index is 416. The number of para-hydroxylation sites is 1. The second-order valence-electron chi connectivity index (χ2n) is 4.48. The Hall–Kier alpha value is -1.59. The second kappa shape index (κ2) is 7.11. The van der Waals surface area contributed by atoms with Crippen LogP contribution in [0, 0.1) is 0 Å². The number of nitrogens with zero attached hydrogens (tertiary/aromatic N) is 1. The Morgan fingerprint density at radius 3 is 2.79 bits per heavy atom. The van der Waals surface area contributed by atoms with Gasteiger partial charge < -0.3 is 14.6 Å². The molecule has 0 atom stereocenters. The van der Waals surface area contributed by atoms with Gasteiger partial charge >= 0.3 is 5.97 Å². The van der Waals surface area contributed by atoms with Crippen LogP contribution in [0.25, 0.3) is 0 Å². The van der Waals surface area contributed by atoms with Crippen molar-refractivity contribution >= 4 is 5.97 Å². The number of carboxylic acid groups (broad SMARTS) is 1. The molecule has 0 aromatic heterocycles. The van der Waals surface area contributed by atoms with Crippen LogP contribution in [-0.2, 0) is 16.0 Å². The molecule has 104 valence electrons. The molecular weight excluding hydrogens is 246 g/mol. The summed E-state index contributed by atoms with van der Waals surface area (Å²) >= 11 is 0. The summed E-state index contributed by atoms with van der Waals surface area (Å²) in [7, 11) is 0. The number of carboxylic acids is 1. The van der Waals surface area contributed by atoms with Crippen LogP contribution in [0.3, 0.4) is 0 Å². The van der Waals surface area contributed by atoms with E-state index in [4.69, 9.17) is 14.6 Å². The van der Waals surface area contributed by atoms with Crippen molar-refractivity contribution in [2.75, 3.05) is 39.5 Å². The van der Waals surface area contributed by atoms with E-state index in [1.54, 1.807) is 6.07 Å². The highest BCUT2D eigenvalue weighted by Gasteiger charge is 2.11. The Labute approximate surface area is 112 Å². The van der Waals surface area contributed by atoms with E-state index in [0.717, 1.165) is 38.4 Å². The highest BCUT2D eigenvalue weighted by Crippen LogP contribution is 2.18. The lowest BCUT2D eigenvalue weighted by Gasteiger charge is -2.26. The average molecular weight is 265 g/mol. The second-order valence-corrected chi connectivity index (χ2v) is 4.48. The molecule has 5 heteroatoms. The van der Waals surface area contributed by atoms with Gasteiger partial charge in [-0.3, -0.25) is 9.69 Å². The Morgan fingerprint density at radius 2 is 2.05 bits per heavy atom. The molecule has 0 spiro atoms. The first-order chi connectivity index (χ1) is 9.25. The molecule has 1 fully saturated rings. The minimum absolute atomic E-state index is 0.00622. The van der Waals surface area contributed by atoms with Gasteiger partial charge in [-0.15, -0.1) is 0 Å². The summed E-state index contributed by atoms with van der Waals surface area (Å²) in [6, 6.07) is 7.29. The van der Waals surface area contributed by atoms with Crippen LogP contribution < -0.4 is 4.74 Å². The number of hydrogen-bond donors (Lipinski definition) is 1. The summed E-state index contributed by atoms with van der Waals surface area (Å²) in [6.07, 6.45) is -0.00622. The molecule has 0 unspecified atom stereocenters. The van der Waals surface area contributed by atoms with E-state index < -0.39 is 5.97 Å². The molecule has 1 N–H and O–H groups in total. The lowest BCUT2D eigenvalue weighted by atomic mass is 10.1. The first kappa shape index (κ1) is 13.8. The maximum Gasteiger partial charge on any atom is 0.307 e. The van der Waals surface area contributed by atoms with Gasteiger partial charge in [-0.1, -0.05) is 18.2 Å². The summed E-state index contributed by atoms with van der Waals surface area (Å²) in [6.45, 7) is 4.81. The summed E-state index contributed by atoms with van der Waals surface area (Å²) in [5.74, 6) is -0.178. The quantitative estimate of drug-likeness (QED) is 0.832. The molecule has 1 saturated heterocycles. The maximum atomic E-state index is 10.8. The molecule has 1 heterocycles. The molecular formula is C14H19NO4. The van der Waals surface area contributed by atoms with Gasteiger partial charge in [0.15, 0.2) is 0 Å². The third kappa shape index (κ3) is 4.54. The summed E-state index contributed by atoms with van der Waals surface area (Å²) in [4.78, 5) is 13.0. The standard InChI is InChI=1S/C14H19NO4/c16-14(17)11-12-3-1-2-4-13(12)19-10-7-15-5-8-18-9-6-15/h1-4H,5-11H2,(H,16,17). The van der Waals surface area contributed by atoms with Crippen LogP contribution in [0.1, 0.15) is 5.56 Å². The Kier molecular flexibility index (Phi) is 5.18. The molecule has 1 aromatic rings. The van der Waals surface area contributed by atoms with Crippen molar-refractivity contribution in [2.24, 2.45) is 0 Å². The Balaban J connectivity index is 1.83. The number of morpholine rings is 1. The monoisotopic (exact) mass is 265 g/mol. The predicted molar refractivity (Wildman–Crippen MR) is 70.5 cm³/mol. The first-order valence-corrected chi connectivity index (χ1v) is 6.48. The molecule has 19 heavy (non-hydrogen) atoms. The summed E-state index contributed by atoms with van der Waals surface area (Å²) < 4.78 is 11.0. The van der Waals surface area contributed by atoms with Crippen molar-refractivity contribution in [1.82, 2.24) is 4.90 Å². The lowest BCUT2D eigenvalue weighted by Crippen LogP contribution is -2.38. The van der Waals surface area contributed by atoms with E-state index in [1.807, 2.05) is 18.2 Å². The Morgan fingerprint density at radius 1 is 1.32 bits per heavy atom. The third-order valence-corrected chi connectivity index (χ3v) is 3.08. The van der Waals surface area contributed by atoms with Crippen LogP contribution in [0.4, 0.5) is 0 Å². The van der Waals surface area contributed by atoms with Gasteiger partial charge in [0.2, 0.25) is 0 Å². The maximum absolute atomic E-state index is 10.8. The van der Waals surface area contributed by atoms with Gasteiger partial charge in [0.25, 0.3) is 0 Å². The van der Waals surface area contributed by atoms with E-state index in [0.29, 0.717) is 12.4 Å². The number of rotatable bonds is 6.